The highest BCUT2D eigenvalue weighted by atomic mass is 16.5. The Morgan fingerprint density at radius 1 is 1.26 bits per heavy atom. The molecule has 0 saturated heterocycles. The summed E-state index contributed by atoms with van der Waals surface area (Å²) >= 11 is 0. The van der Waals surface area contributed by atoms with Gasteiger partial charge >= 0.3 is 0 Å². The predicted molar refractivity (Wildman–Crippen MR) is 102 cm³/mol. The molecule has 7 nitrogen and oxygen atoms in total. The summed E-state index contributed by atoms with van der Waals surface area (Å²) in [4.78, 5) is 24.0. The van der Waals surface area contributed by atoms with E-state index in [1.54, 1.807) is 25.3 Å². The average molecular weight is 367 g/mol. The second-order valence-corrected chi connectivity index (χ2v) is 6.73. The summed E-state index contributed by atoms with van der Waals surface area (Å²) < 4.78 is 11.0. The molecule has 2 amide bonds. The second-order valence-electron chi connectivity index (χ2n) is 6.73. The maximum atomic E-state index is 12.5. The third kappa shape index (κ3) is 3.67. The van der Waals surface area contributed by atoms with Crippen LogP contribution in [0.1, 0.15) is 15.9 Å². The van der Waals surface area contributed by atoms with E-state index in [1.807, 2.05) is 18.2 Å². The molecule has 1 atom stereocenters. The van der Waals surface area contributed by atoms with E-state index < -0.39 is 0 Å². The first-order chi connectivity index (χ1) is 13.1. The largest absolute Gasteiger partial charge is 0.497 e. The lowest BCUT2D eigenvalue weighted by Gasteiger charge is -2.26. The van der Waals surface area contributed by atoms with Gasteiger partial charge in [-0.15, -0.1) is 0 Å². The van der Waals surface area contributed by atoms with E-state index >= 15 is 0 Å². The Bertz CT molecular complexity index is 897. The van der Waals surface area contributed by atoms with Gasteiger partial charge in [-0.3, -0.25) is 9.59 Å². The average Bonchev–Trinajstić information content (AvgIpc) is 2.70. The fraction of sp³-hybridized carbons (Fsp3) is 0.300. The van der Waals surface area contributed by atoms with Crippen LogP contribution in [-0.4, -0.2) is 38.6 Å². The van der Waals surface area contributed by atoms with Crippen LogP contribution < -0.4 is 25.4 Å². The molecule has 0 spiro atoms. The van der Waals surface area contributed by atoms with Crippen molar-refractivity contribution in [1.29, 1.82) is 0 Å². The van der Waals surface area contributed by atoms with Gasteiger partial charge in [-0.1, -0.05) is 6.07 Å². The molecular formula is C20H21N3O4. The molecule has 0 bridgehead atoms. The van der Waals surface area contributed by atoms with Crippen molar-refractivity contribution in [2.75, 3.05) is 37.4 Å². The second kappa shape index (κ2) is 7.19. The van der Waals surface area contributed by atoms with Crippen LogP contribution in [0.4, 0.5) is 11.4 Å². The third-order valence-electron chi connectivity index (χ3n) is 4.80. The fourth-order valence-electron chi connectivity index (χ4n) is 3.33. The Kier molecular flexibility index (Phi) is 4.58. The fourth-order valence-corrected chi connectivity index (χ4v) is 3.33. The minimum absolute atomic E-state index is 0.116. The number of hydrogen-bond acceptors (Lipinski definition) is 5. The van der Waals surface area contributed by atoms with E-state index in [2.05, 4.69) is 16.0 Å². The molecule has 7 heteroatoms. The molecule has 27 heavy (non-hydrogen) atoms. The van der Waals surface area contributed by atoms with E-state index in [4.69, 9.17) is 9.47 Å². The number of anilines is 2. The van der Waals surface area contributed by atoms with Crippen molar-refractivity contribution < 1.29 is 19.1 Å². The Labute approximate surface area is 157 Å². The summed E-state index contributed by atoms with van der Waals surface area (Å²) in [5.74, 6) is 1.53. The highest BCUT2D eigenvalue weighted by molar-refractivity contribution is 6.03. The van der Waals surface area contributed by atoms with E-state index in [0.29, 0.717) is 24.4 Å². The number of fused-ring (bicyclic) bond motifs is 2. The van der Waals surface area contributed by atoms with Gasteiger partial charge in [0.15, 0.2) is 0 Å². The van der Waals surface area contributed by atoms with E-state index in [-0.39, 0.29) is 24.3 Å². The van der Waals surface area contributed by atoms with Crippen molar-refractivity contribution in [3.05, 3.63) is 47.5 Å². The number of carbonyl (C=O) groups is 2. The zero-order chi connectivity index (χ0) is 18.8. The lowest BCUT2D eigenvalue weighted by molar-refractivity contribution is -0.114. The van der Waals surface area contributed by atoms with Crippen LogP contribution in [-0.2, 0) is 11.2 Å². The SMILES string of the molecule is COc1ccc2c(c1)OC[C@H](CNC(=O)c1ccc3c(c1)NC(=O)CN3)C2. The summed E-state index contributed by atoms with van der Waals surface area (Å²) in [7, 11) is 1.63. The Balaban J connectivity index is 1.37. The number of ether oxygens (including phenoxy) is 2. The summed E-state index contributed by atoms with van der Waals surface area (Å²) in [5.41, 5.74) is 3.07. The zero-order valence-electron chi connectivity index (χ0n) is 15.0. The van der Waals surface area contributed by atoms with Gasteiger partial charge in [-0.05, 0) is 36.2 Å². The van der Waals surface area contributed by atoms with Crippen LogP contribution in [0, 0.1) is 5.92 Å². The topological polar surface area (TPSA) is 88.7 Å². The van der Waals surface area contributed by atoms with Crippen molar-refractivity contribution >= 4 is 23.2 Å². The molecule has 0 radical (unpaired) electrons. The Morgan fingerprint density at radius 3 is 3.00 bits per heavy atom. The lowest BCUT2D eigenvalue weighted by atomic mass is 9.96. The van der Waals surface area contributed by atoms with Crippen LogP contribution >= 0.6 is 0 Å². The first kappa shape index (κ1) is 17.2. The van der Waals surface area contributed by atoms with E-state index in [0.717, 1.165) is 29.2 Å². The molecule has 0 saturated carbocycles. The maximum absolute atomic E-state index is 12.5. The number of hydrogen-bond donors (Lipinski definition) is 3. The first-order valence-electron chi connectivity index (χ1n) is 8.88. The smallest absolute Gasteiger partial charge is 0.251 e. The Hall–Kier alpha value is -3.22. The molecule has 0 unspecified atom stereocenters. The van der Waals surface area contributed by atoms with Crippen molar-refractivity contribution in [3.8, 4) is 11.5 Å². The first-order valence-corrected chi connectivity index (χ1v) is 8.88. The number of amides is 2. The van der Waals surface area contributed by atoms with Gasteiger partial charge in [0.2, 0.25) is 5.91 Å². The molecule has 2 aliphatic heterocycles. The molecule has 2 aliphatic rings. The van der Waals surface area contributed by atoms with Gasteiger partial charge in [-0.2, -0.15) is 0 Å². The van der Waals surface area contributed by atoms with Crippen molar-refractivity contribution in [2.24, 2.45) is 5.92 Å². The minimum Gasteiger partial charge on any atom is -0.497 e. The third-order valence-corrected chi connectivity index (χ3v) is 4.80. The van der Waals surface area contributed by atoms with Gasteiger partial charge in [-0.25, -0.2) is 0 Å². The molecule has 3 N–H and O–H groups in total. The van der Waals surface area contributed by atoms with Crippen molar-refractivity contribution in [2.45, 2.75) is 6.42 Å². The van der Waals surface area contributed by atoms with Gasteiger partial charge < -0.3 is 25.4 Å². The van der Waals surface area contributed by atoms with Crippen LogP contribution in [0.2, 0.25) is 0 Å². The summed E-state index contributed by atoms with van der Waals surface area (Å²) in [6, 6.07) is 11.0. The molecule has 0 aromatic heterocycles. The van der Waals surface area contributed by atoms with Gasteiger partial charge in [0, 0.05) is 24.1 Å². The van der Waals surface area contributed by atoms with Gasteiger partial charge in [0.25, 0.3) is 5.91 Å². The molecule has 2 aromatic carbocycles. The Morgan fingerprint density at radius 2 is 2.15 bits per heavy atom. The predicted octanol–water partition coefficient (Wildman–Crippen LogP) is 2.04. The van der Waals surface area contributed by atoms with E-state index in [9.17, 15) is 9.59 Å². The van der Waals surface area contributed by atoms with Gasteiger partial charge in [0.1, 0.15) is 11.5 Å². The van der Waals surface area contributed by atoms with Crippen LogP contribution in [0.5, 0.6) is 11.5 Å². The minimum atomic E-state index is -0.168. The molecule has 140 valence electrons. The summed E-state index contributed by atoms with van der Waals surface area (Å²) in [5, 5.41) is 8.74. The molecular weight excluding hydrogens is 346 g/mol. The molecule has 2 heterocycles. The lowest BCUT2D eigenvalue weighted by Crippen LogP contribution is -2.35. The maximum Gasteiger partial charge on any atom is 0.251 e. The zero-order valence-corrected chi connectivity index (χ0v) is 15.0. The molecule has 4 rings (SSSR count). The molecule has 2 aromatic rings. The normalized spacial score (nSPS) is 17.5. The van der Waals surface area contributed by atoms with Crippen LogP contribution in [0.15, 0.2) is 36.4 Å². The highest BCUT2D eigenvalue weighted by Gasteiger charge is 2.22. The molecule has 0 aliphatic carbocycles. The monoisotopic (exact) mass is 367 g/mol. The highest BCUT2D eigenvalue weighted by Crippen LogP contribution is 2.31. The van der Waals surface area contributed by atoms with Crippen LogP contribution in [0.3, 0.4) is 0 Å². The number of benzene rings is 2. The van der Waals surface area contributed by atoms with Gasteiger partial charge in [0.05, 0.1) is 31.6 Å². The molecule has 0 fully saturated rings. The quantitative estimate of drug-likeness (QED) is 0.770. The van der Waals surface area contributed by atoms with E-state index in [1.165, 1.54) is 0 Å². The van der Waals surface area contributed by atoms with Crippen LogP contribution in [0.25, 0.3) is 0 Å². The number of carbonyl (C=O) groups excluding carboxylic acids is 2. The summed E-state index contributed by atoms with van der Waals surface area (Å²) in [6.07, 6.45) is 0.837. The standard InChI is InChI=1S/C20H21N3O4/c1-26-15-4-2-13-6-12(11-27-18(13)8-15)9-22-20(25)14-3-5-16-17(7-14)23-19(24)10-21-16/h2-5,7-8,12,21H,6,9-11H2,1H3,(H,22,25)(H,23,24)/t12-/m0/s1. The number of methoxy groups -OCH3 is 1. The van der Waals surface area contributed by atoms with Crippen molar-refractivity contribution in [1.82, 2.24) is 5.32 Å². The van der Waals surface area contributed by atoms with Crippen molar-refractivity contribution in [3.63, 3.8) is 0 Å². The number of rotatable bonds is 4. The number of nitrogens with one attached hydrogen (secondary N) is 3. The summed E-state index contributed by atoms with van der Waals surface area (Å²) in [6.45, 7) is 1.31.